The largest absolute Gasteiger partial charge is 0.347 e. The molecule has 1 aromatic heterocycles. The lowest BCUT2D eigenvalue weighted by Gasteiger charge is -2.21. The van der Waals surface area contributed by atoms with Crippen LogP contribution in [0.3, 0.4) is 0 Å². The van der Waals surface area contributed by atoms with Crippen LogP contribution >= 0.6 is 0 Å². The second-order valence-corrected chi connectivity index (χ2v) is 6.91. The predicted molar refractivity (Wildman–Crippen MR) is 115 cm³/mol. The minimum absolute atomic E-state index is 0.227. The molecule has 0 aliphatic carbocycles. The number of pyridine rings is 1. The molecule has 1 N–H and O–H groups in total. The fraction of sp³-hybridized carbons (Fsp3) is 0.208. The SMILES string of the molecule is CCN(C(=O)c1cccc(C(=O)NCc2ccccc2C)n1)c1cccc(C)c1. The van der Waals surface area contributed by atoms with E-state index in [1.165, 1.54) is 0 Å². The van der Waals surface area contributed by atoms with Crippen LogP contribution in [-0.2, 0) is 6.54 Å². The molecule has 0 bridgehead atoms. The van der Waals surface area contributed by atoms with Gasteiger partial charge < -0.3 is 10.2 Å². The Morgan fingerprint density at radius 3 is 2.38 bits per heavy atom. The van der Waals surface area contributed by atoms with Crippen LogP contribution in [0.4, 0.5) is 5.69 Å². The lowest BCUT2D eigenvalue weighted by atomic mass is 10.1. The van der Waals surface area contributed by atoms with Crippen molar-refractivity contribution in [1.29, 1.82) is 0 Å². The van der Waals surface area contributed by atoms with Gasteiger partial charge in [-0.1, -0.05) is 42.5 Å². The number of hydrogen-bond acceptors (Lipinski definition) is 3. The maximum absolute atomic E-state index is 13.0. The summed E-state index contributed by atoms with van der Waals surface area (Å²) in [6.07, 6.45) is 0. The van der Waals surface area contributed by atoms with Crippen LogP contribution in [0.1, 0.15) is 44.6 Å². The van der Waals surface area contributed by atoms with Crippen LogP contribution in [0, 0.1) is 13.8 Å². The van der Waals surface area contributed by atoms with E-state index in [4.69, 9.17) is 0 Å². The highest BCUT2D eigenvalue weighted by atomic mass is 16.2. The van der Waals surface area contributed by atoms with Gasteiger partial charge in [0.2, 0.25) is 0 Å². The van der Waals surface area contributed by atoms with Crippen LogP contribution in [0.5, 0.6) is 0 Å². The van der Waals surface area contributed by atoms with Gasteiger partial charge in [-0.2, -0.15) is 0 Å². The summed E-state index contributed by atoms with van der Waals surface area (Å²) in [7, 11) is 0. The van der Waals surface area contributed by atoms with Crippen molar-refractivity contribution >= 4 is 17.5 Å². The highest BCUT2D eigenvalue weighted by Crippen LogP contribution is 2.18. The van der Waals surface area contributed by atoms with Crippen molar-refractivity contribution in [3.63, 3.8) is 0 Å². The fourth-order valence-electron chi connectivity index (χ4n) is 3.13. The van der Waals surface area contributed by atoms with Crippen molar-refractivity contribution in [3.8, 4) is 0 Å². The number of aromatic nitrogens is 1. The van der Waals surface area contributed by atoms with Gasteiger partial charge in [-0.15, -0.1) is 0 Å². The Bertz CT molecular complexity index is 1030. The summed E-state index contributed by atoms with van der Waals surface area (Å²) in [4.78, 5) is 31.6. The zero-order chi connectivity index (χ0) is 20.8. The Hall–Kier alpha value is -3.47. The number of amides is 2. The molecule has 1 heterocycles. The molecule has 0 atom stereocenters. The van der Waals surface area contributed by atoms with E-state index in [1.807, 2.05) is 69.3 Å². The molecule has 2 aromatic carbocycles. The van der Waals surface area contributed by atoms with Crippen molar-refractivity contribution in [2.75, 3.05) is 11.4 Å². The van der Waals surface area contributed by atoms with Gasteiger partial charge in [0.25, 0.3) is 11.8 Å². The third kappa shape index (κ3) is 4.88. The van der Waals surface area contributed by atoms with E-state index in [9.17, 15) is 9.59 Å². The number of carbonyl (C=O) groups is 2. The third-order valence-electron chi connectivity index (χ3n) is 4.78. The fourth-order valence-corrected chi connectivity index (χ4v) is 3.13. The summed E-state index contributed by atoms with van der Waals surface area (Å²) in [5, 5.41) is 2.88. The summed E-state index contributed by atoms with van der Waals surface area (Å²) in [6.45, 7) is 6.82. The van der Waals surface area contributed by atoms with Gasteiger partial charge in [-0.05, 0) is 61.7 Å². The minimum Gasteiger partial charge on any atom is -0.347 e. The molecule has 0 spiro atoms. The number of rotatable bonds is 6. The molecule has 2 amide bonds. The van der Waals surface area contributed by atoms with E-state index >= 15 is 0 Å². The standard InChI is InChI=1S/C24H25N3O2/c1-4-27(20-12-7-9-17(2)15-20)24(29)22-14-8-13-21(26-22)23(28)25-16-19-11-6-5-10-18(19)3/h5-15H,4,16H2,1-3H3,(H,25,28). The van der Waals surface area contributed by atoms with E-state index in [0.29, 0.717) is 13.1 Å². The molecule has 0 saturated heterocycles. The molecule has 29 heavy (non-hydrogen) atoms. The molecule has 0 unspecified atom stereocenters. The Kier molecular flexibility index (Phi) is 6.39. The zero-order valence-corrected chi connectivity index (χ0v) is 17.0. The predicted octanol–water partition coefficient (Wildman–Crippen LogP) is 4.30. The van der Waals surface area contributed by atoms with Crippen LogP contribution in [0.25, 0.3) is 0 Å². The molecule has 3 aromatic rings. The van der Waals surface area contributed by atoms with Gasteiger partial charge in [0.1, 0.15) is 11.4 Å². The van der Waals surface area contributed by atoms with Crippen molar-refractivity contribution in [2.45, 2.75) is 27.3 Å². The van der Waals surface area contributed by atoms with Crippen LogP contribution in [0.15, 0.2) is 66.7 Å². The first-order valence-corrected chi connectivity index (χ1v) is 9.68. The monoisotopic (exact) mass is 387 g/mol. The van der Waals surface area contributed by atoms with E-state index in [1.54, 1.807) is 23.1 Å². The number of aryl methyl sites for hydroxylation is 2. The summed E-state index contributed by atoms with van der Waals surface area (Å²) < 4.78 is 0. The summed E-state index contributed by atoms with van der Waals surface area (Å²) in [6, 6.07) is 20.6. The van der Waals surface area contributed by atoms with Crippen molar-refractivity contribution in [1.82, 2.24) is 10.3 Å². The maximum Gasteiger partial charge on any atom is 0.276 e. The number of hydrogen-bond donors (Lipinski definition) is 1. The Balaban J connectivity index is 1.76. The van der Waals surface area contributed by atoms with E-state index in [0.717, 1.165) is 22.4 Å². The number of anilines is 1. The van der Waals surface area contributed by atoms with E-state index in [-0.39, 0.29) is 23.2 Å². The van der Waals surface area contributed by atoms with Crippen LogP contribution in [0.2, 0.25) is 0 Å². The number of nitrogens with zero attached hydrogens (tertiary/aromatic N) is 2. The molecule has 5 nitrogen and oxygen atoms in total. The number of benzene rings is 2. The molecule has 5 heteroatoms. The molecule has 0 aliphatic rings. The zero-order valence-electron chi connectivity index (χ0n) is 17.0. The van der Waals surface area contributed by atoms with Crippen LogP contribution < -0.4 is 10.2 Å². The number of nitrogens with one attached hydrogen (secondary N) is 1. The first-order valence-electron chi connectivity index (χ1n) is 9.68. The van der Waals surface area contributed by atoms with E-state index < -0.39 is 0 Å². The normalized spacial score (nSPS) is 10.4. The lowest BCUT2D eigenvalue weighted by Crippen LogP contribution is -2.32. The van der Waals surface area contributed by atoms with Crippen molar-refractivity contribution < 1.29 is 9.59 Å². The first-order chi connectivity index (χ1) is 14.0. The van der Waals surface area contributed by atoms with Gasteiger partial charge in [-0.25, -0.2) is 4.98 Å². The molecule has 0 fully saturated rings. The van der Waals surface area contributed by atoms with Gasteiger partial charge in [0.15, 0.2) is 0 Å². The Morgan fingerprint density at radius 1 is 0.931 bits per heavy atom. The quantitative estimate of drug-likeness (QED) is 0.686. The van der Waals surface area contributed by atoms with Gasteiger partial charge in [0.05, 0.1) is 0 Å². The van der Waals surface area contributed by atoms with Gasteiger partial charge in [0, 0.05) is 18.8 Å². The average molecular weight is 387 g/mol. The second-order valence-electron chi connectivity index (χ2n) is 6.91. The molecule has 0 aliphatic heterocycles. The topological polar surface area (TPSA) is 62.3 Å². The molecule has 0 saturated carbocycles. The Morgan fingerprint density at radius 2 is 1.66 bits per heavy atom. The molecular weight excluding hydrogens is 362 g/mol. The van der Waals surface area contributed by atoms with E-state index in [2.05, 4.69) is 10.3 Å². The highest BCUT2D eigenvalue weighted by Gasteiger charge is 2.19. The molecule has 3 rings (SSSR count). The highest BCUT2D eigenvalue weighted by molar-refractivity contribution is 6.05. The third-order valence-corrected chi connectivity index (χ3v) is 4.78. The smallest absolute Gasteiger partial charge is 0.276 e. The Labute approximate surface area is 171 Å². The minimum atomic E-state index is -0.304. The van der Waals surface area contributed by atoms with Crippen molar-refractivity contribution in [3.05, 3.63) is 94.8 Å². The lowest BCUT2D eigenvalue weighted by molar-refractivity contribution is 0.0945. The second kappa shape index (κ2) is 9.15. The summed E-state index contributed by atoms with van der Waals surface area (Å²) >= 11 is 0. The van der Waals surface area contributed by atoms with Crippen LogP contribution in [-0.4, -0.2) is 23.3 Å². The van der Waals surface area contributed by atoms with Gasteiger partial charge >= 0.3 is 0 Å². The molecule has 0 radical (unpaired) electrons. The molecular formula is C24H25N3O2. The summed E-state index contributed by atoms with van der Waals surface area (Å²) in [5.74, 6) is -0.534. The first kappa shape index (κ1) is 20.3. The summed E-state index contributed by atoms with van der Waals surface area (Å²) in [5.41, 5.74) is 4.52. The maximum atomic E-state index is 13.0. The van der Waals surface area contributed by atoms with Gasteiger partial charge in [-0.3, -0.25) is 9.59 Å². The average Bonchev–Trinajstić information content (AvgIpc) is 2.73. The number of carbonyl (C=O) groups excluding carboxylic acids is 2. The van der Waals surface area contributed by atoms with Crippen molar-refractivity contribution in [2.24, 2.45) is 0 Å². The molecule has 148 valence electrons.